The number of hydrogen-bond donors (Lipinski definition) is 1. The van der Waals surface area contributed by atoms with Gasteiger partial charge in [-0.25, -0.2) is 0 Å². The standard InChI is InChI=1S/C20H24ClN3O3/c1-13(2)12-24(10-9-19(25)22-14-7-8-14)20(26)17-11-18(27-23-17)15-5-3-4-6-16(15)21/h3-6,11,13-14H,7-10,12H2,1-2H3,(H,22,25). The van der Waals surface area contributed by atoms with Crippen LogP contribution >= 0.6 is 11.6 Å². The molecule has 1 aromatic carbocycles. The van der Waals surface area contributed by atoms with E-state index in [4.69, 9.17) is 16.1 Å². The zero-order valence-corrected chi connectivity index (χ0v) is 16.3. The molecule has 6 nitrogen and oxygen atoms in total. The van der Waals surface area contributed by atoms with Crippen LogP contribution in [0.1, 0.15) is 43.6 Å². The second-order valence-electron chi connectivity index (χ2n) is 7.29. The van der Waals surface area contributed by atoms with E-state index in [0.29, 0.717) is 35.5 Å². The van der Waals surface area contributed by atoms with E-state index < -0.39 is 0 Å². The molecular weight excluding hydrogens is 366 g/mol. The first-order chi connectivity index (χ1) is 12.9. The van der Waals surface area contributed by atoms with Crippen LogP contribution < -0.4 is 5.32 Å². The van der Waals surface area contributed by atoms with Crippen molar-refractivity contribution in [3.05, 3.63) is 41.0 Å². The van der Waals surface area contributed by atoms with Crippen molar-refractivity contribution in [1.82, 2.24) is 15.4 Å². The second kappa shape index (κ2) is 8.57. The van der Waals surface area contributed by atoms with E-state index >= 15 is 0 Å². The molecule has 1 N–H and O–H groups in total. The first kappa shape index (κ1) is 19.4. The van der Waals surface area contributed by atoms with Gasteiger partial charge in [0.25, 0.3) is 5.91 Å². The summed E-state index contributed by atoms with van der Waals surface area (Å²) in [5.41, 5.74) is 0.901. The van der Waals surface area contributed by atoms with Crippen molar-refractivity contribution in [2.75, 3.05) is 13.1 Å². The molecule has 144 valence electrons. The summed E-state index contributed by atoms with van der Waals surface area (Å²) in [7, 11) is 0. The van der Waals surface area contributed by atoms with Gasteiger partial charge in [0.15, 0.2) is 11.5 Å². The van der Waals surface area contributed by atoms with Gasteiger partial charge in [0.05, 0.1) is 5.02 Å². The topological polar surface area (TPSA) is 75.4 Å². The zero-order valence-electron chi connectivity index (χ0n) is 15.6. The Morgan fingerprint density at radius 1 is 1.33 bits per heavy atom. The Hall–Kier alpha value is -2.34. The number of nitrogens with zero attached hydrogens (tertiary/aromatic N) is 2. The van der Waals surface area contributed by atoms with Crippen LogP contribution in [0.15, 0.2) is 34.9 Å². The Balaban J connectivity index is 1.69. The molecule has 0 aliphatic heterocycles. The van der Waals surface area contributed by atoms with Crippen molar-refractivity contribution in [2.24, 2.45) is 5.92 Å². The minimum absolute atomic E-state index is 0.0176. The number of aromatic nitrogens is 1. The maximum Gasteiger partial charge on any atom is 0.276 e. The van der Waals surface area contributed by atoms with Gasteiger partial charge in [0, 0.05) is 37.2 Å². The monoisotopic (exact) mass is 389 g/mol. The van der Waals surface area contributed by atoms with Crippen LogP contribution in [0.4, 0.5) is 0 Å². The Kier molecular flexibility index (Phi) is 6.16. The molecule has 0 unspecified atom stereocenters. The van der Waals surface area contributed by atoms with E-state index in [1.54, 1.807) is 17.0 Å². The van der Waals surface area contributed by atoms with E-state index in [2.05, 4.69) is 10.5 Å². The number of carbonyl (C=O) groups is 2. The number of rotatable bonds is 8. The Morgan fingerprint density at radius 3 is 2.74 bits per heavy atom. The fourth-order valence-corrected chi connectivity index (χ4v) is 3.04. The van der Waals surface area contributed by atoms with Crippen LogP contribution in [-0.2, 0) is 4.79 Å². The highest BCUT2D eigenvalue weighted by Gasteiger charge is 2.25. The van der Waals surface area contributed by atoms with Crippen LogP contribution in [-0.4, -0.2) is 41.0 Å². The maximum atomic E-state index is 12.9. The van der Waals surface area contributed by atoms with Crippen molar-refractivity contribution in [2.45, 2.75) is 39.2 Å². The summed E-state index contributed by atoms with van der Waals surface area (Å²) in [5, 5.41) is 7.40. The van der Waals surface area contributed by atoms with Gasteiger partial charge in [-0.1, -0.05) is 42.7 Å². The normalized spacial score (nSPS) is 13.6. The third-order valence-corrected chi connectivity index (χ3v) is 4.62. The lowest BCUT2D eigenvalue weighted by Gasteiger charge is -2.23. The van der Waals surface area contributed by atoms with Crippen molar-refractivity contribution in [3.8, 4) is 11.3 Å². The Morgan fingerprint density at radius 2 is 2.07 bits per heavy atom. The molecule has 2 aromatic rings. The second-order valence-corrected chi connectivity index (χ2v) is 7.70. The van der Waals surface area contributed by atoms with E-state index in [-0.39, 0.29) is 29.8 Å². The van der Waals surface area contributed by atoms with E-state index in [1.807, 2.05) is 32.0 Å². The maximum absolute atomic E-state index is 12.9. The van der Waals surface area contributed by atoms with Crippen molar-refractivity contribution in [1.29, 1.82) is 0 Å². The van der Waals surface area contributed by atoms with Crippen LogP contribution in [0.3, 0.4) is 0 Å². The third kappa shape index (κ3) is 5.32. The fraction of sp³-hybridized carbons (Fsp3) is 0.450. The van der Waals surface area contributed by atoms with Crippen LogP contribution in [0, 0.1) is 5.92 Å². The number of carbonyl (C=O) groups excluding carboxylic acids is 2. The number of halogens is 1. The largest absolute Gasteiger partial charge is 0.355 e. The highest BCUT2D eigenvalue weighted by Crippen LogP contribution is 2.28. The number of hydrogen-bond acceptors (Lipinski definition) is 4. The van der Waals surface area contributed by atoms with Crippen LogP contribution in [0.25, 0.3) is 11.3 Å². The minimum Gasteiger partial charge on any atom is -0.355 e. The van der Waals surface area contributed by atoms with Crippen LogP contribution in [0.5, 0.6) is 0 Å². The highest BCUT2D eigenvalue weighted by molar-refractivity contribution is 6.33. The highest BCUT2D eigenvalue weighted by atomic mass is 35.5. The van der Waals surface area contributed by atoms with Gasteiger partial charge >= 0.3 is 0 Å². The molecule has 1 heterocycles. The molecule has 1 aromatic heterocycles. The van der Waals surface area contributed by atoms with Crippen molar-refractivity contribution >= 4 is 23.4 Å². The van der Waals surface area contributed by atoms with Gasteiger partial charge in [0.2, 0.25) is 5.91 Å². The van der Waals surface area contributed by atoms with Gasteiger partial charge in [-0.3, -0.25) is 9.59 Å². The molecule has 1 aliphatic carbocycles. The zero-order chi connectivity index (χ0) is 19.4. The molecule has 0 spiro atoms. The SMILES string of the molecule is CC(C)CN(CCC(=O)NC1CC1)C(=O)c1cc(-c2ccccc2Cl)on1. The van der Waals surface area contributed by atoms with Crippen molar-refractivity contribution in [3.63, 3.8) is 0 Å². The molecule has 0 saturated heterocycles. The molecule has 7 heteroatoms. The molecular formula is C20H24ClN3O3. The lowest BCUT2D eigenvalue weighted by molar-refractivity contribution is -0.121. The predicted octanol–water partition coefficient (Wildman–Crippen LogP) is 3.76. The first-order valence-corrected chi connectivity index (χ1v) is 9.62. The first-order valence-electron chi connectivity index (χ1n) is 9.24. The molecule has 1 fully saturated rings. The Bertz CT molecular complexity index is 814. The summed E-state index contributed by atoms with van der Waals surface area (Å²) in [4.78, 5) is 26.5. The Labute approximate surface area is 163 Å². The lowest BCUT2D eigenvalue weighted by atomic mass is 10.1. The van der Waals surface area contributed by atoms with Gasteiger partial charge in [-0.2, -0.15) is 0 Å². The average Bonchev–Trinajstić information content (AvgIpc) is 3.30. The number of nitrogens with one attached hydrogen (secondary N) is 1. The van der Waals surface area contributed by atoms with E-state index in [0.717, 1.165) is 12.8 Å². The smallest absolute Gasteiger partial charge is 0.276 e. The lowest BCUT2D eigenvalue weighted by Crippen LogP contribution is -2.38. The van der Waals surface area contributed by atoms with Crippen LogP contribution in [0.2, 0.25) is 5.02 Å². The quantitative estimate of drug-likeness (QED) is 0.745. The fourth-order valence-electron chi connectivity index (χ4n) is 2.81. The summed E-state index contributed by atoms with van der Waals surface area (Å²) >= 11 is 6.18. The van der Waals surface area contributed by atoms with Gasteiger partial charge in [-0.05, 0) is 30.9 Å². The van der Waals surface area contributed by atoms with Crippen molar-refractivity contribution < 1.29 is 14.1 Å². The van der Waals surface area contributed by atoms with E-state index in [1.165, 1.54) is 0 Å². The molecule has 1 saturated carbocycles. The molecule has 0 bridgehead atoms. The molecule has 27 heavy (non-hydrogen) atoms. The summed E-state index contributed by atoms with van der Waals surface area (Å²) < 4.78 is 5.33. The van der Waals surface area contributed by atoms with Gasteiger partial charge in [0.1, 0.15) is 0 Å². The summed E-state index contributed by atoms with van der Waals surface area (Å²) in [6.45, 7) is 4.96. The molecule has 0 radical (unpaired) electrons. The molecule has 0 atom stereocenters. The summed E-state index contributed by atoms with van der Waals surface area (Å²) in [5.74, 6) is 0.455. The predicted molar refractivity (Wildman–Crippen MR) is 103 cm³/mol. The third-order valence-electron chi connectivity index (χ3n) is 4.29. The summed E-state index contributed by atoms with van der Waals surface area (Å²) in [6.07, 6.45) is 2.37. The van der Waals surface area contributed by atoms with Gasteiger partial charge < -0.3 is 14.7 Å². The molecule has 1 aliphatic rings. The average molecular weight is 390 g/mol. The number of benzene rings is 1. The molecule has 2 amide bonds. The summed E-state index contributed by atoms with van der Waals surface area (Å²) in [6, 6.07) is 9.15. The van der Waals surface area contributed by atoms with Gasteiger partial charge in [-0.15, -0.1) is 0 Å². The minimum atomic E-state index is -0.245. The number of amides is 2. The van der Waals surface area contributed by atoms with E-state index in [9.17, 15) is 9.59 Å². The molecule has 3 rings (SSSR count).